The highest BCUT2D eigenvalue weighted by Gasteiger charge is 2.73. The molecule has 6 nitrogen and oxygen atoms in total. The van der Waals surface area contributed by atoms with E-state index in [9.17, 15) is 19.2 Å². The number of carbonyl (C=O) groups is 4. The lowest BCUT2D eigenvalue weighted by Gasteiger charge is -2.54. The van der Waals surface area contributed by atoms with Gasteiger partial charge in [0.15, 0.2) is 6.61 Å². The van der Waals surface area contributed by atoms with Crippen LogP contribution in [0.25, 0.3) is 0 Å². The number of nitrogens with zero attached hydrogens (tertiary/aromatic N) is 1. The number of hydrogen-bond donors (Lipinski definition) is 0. The van der Waals surface area contributed by atoms with Crippen LogP contribution in [0.15, 0.2) is 91.0 Å². The van der Waals surface area contributed by atoms with Crippen LogP contribution >= 0.6 is 46.4 Å². The Morgan fingerprint density at radius 1 is 0.721 bits per heavy atom. The van der Waals surface area contributed by atoms with Crippen molar-refractivity contribution in [2.24, 2.45) is 11.8 Å². The third kappa shape index (κ3) is 3.87. The van der Waals surface area contributed by atoms with Gasteiger partial charge >= 0.3 is 5.97 Å². The fourth-order valence-electron chi connectivity index (χ4n) is 6.70. The van der Waals surface area contributed by atoms with Crippen molar-refractivity contribution in [2.75, 3.05) is 11.5 Å². The van der Waals surface area contributed by atoms with Crippen molar-refractivity contribution in [3.05, 3.63) is 134 Å². The maximum Gasteiger partial charge on any atom is 0.338 e. The molecule has 43 heavy (non-hydrogen) atoms. The third-order valence-electron chi connectivity index (χ3n) is 8.49. The zero-order valence-corrected chi connectivity index (χ0v) is 25.0. The normalized spacial score (nSPS) is 24.8. The minimum Gasteiger partial charge on any atom is -0.454 e. The number of alkyl halides is 2. The van der Waals surface area contributed by atoms with Crippen LogP contribution < -0.4 is 4.90 Å². The predicted molar refractivity (Wildman–Crippen MR) is 163 cm³/mol. The van der Waals surface area contributed by atoms with Crippen LogP contribution in [0.3, 0.4) is 0 Å². The highest BCUT2D eigenvalue weighted by molar-refractivity contribution is 6.39. The topological polar surface area (TPSA) is 80.8 Å². The van der Waals surface area contributed by atoms with Gasteiger partial charge in [-0.25, -0.2) is 9.69 Å². The monoisotopic (exact) mass is 649 g/mol. The second-order valence-electron chi connectivity index (χ2n) is 10.7. The molecule has 0 unspecified atom stereocenters. The first-order valence-corrected chi connectivity index (χ1v) is 14.8. The zero-order valence-electron chi connectivity index (χ0n) is 22.0. The lowest BCUT2D eigenvalue weighted by Crippen LogP contribution is -2.57. The number of benzene rings is 4. The van der Waals surface area contributed by atoms with E-state index in [1.807, 2.05) is 48.5 Å². The van der Waals surface area contributed by atoms with Crippen LogP contribution in [0.2, 0.25) is 10.0 Å². The number of carbonyl (C=O) groups excluding carboxylic acids is 4. The van der Waals surface area contributed by atoms with Crippen LogP contribution in [0.5, 0.6) is 0 Å². The van der Waals surface area contributed by atoms with Gasteiger partial charge in [0.1, 0.15) is 9.75 Å². The Labute approximate surface area is 266 Å². The number of imide groups is 1. The first-order chi connectivity index (χ1) is 20.6. The molecule has 3 aliphatic carbocycles. The second-order valence-corrected chi connectivity index (χ2v) is 12.7. The van der Waals surface area contributed by atoms with Gasteiger partial charge in [-0.15, -0.1) is 23.2 Å². The molecule has 0 aromatic heterocycles. The van der Waals surface area contributed by atoms with Crippen LogP contribution in [-0.2, 0) is 24.1 Å². The molecule has 4 aromatic rings. The van der Waals surface area contributed by atoms with E-state index in [4.69, 9.17) is 51.1 Å². The summed E-state index contributed by atoms with van der Waals surface area (Å²) in [6.07, 6.45) is 0. The molecule has 2 atom stereocenters. The number of ketones is 1. The molecule has 0 radical (unpaired) electrons. The van der Waals surface area contributed by atoms with Crippen molar-refractivity contribution in [3.8, 4) is 0 Å². The van der Waals surface area contributed by atoms with Crippen molar-refractivity contribution in [2.45, 2.75) is 9.75 Å². The SMILES string of the molecule is O=C(OCC(=O)c1ccc(Cl)cc1Cl)c1cccc(N2C(=O)[C@@H]3[C@@H](C2=O)C2(Cl)c4ccccc4C3(Cl)c3ccccc32)c1. The number of Topliss-reactive ketones (excluding diaryl/α,β-unsaturated/α-hetero) is 1. The summed E-state index contributed by atoms with van der Waals surface area (Å²) in [5.74, 6) is -4.34. The molecule has 2 amide bonds. The van der Waals surface area contributed by atoms with Crippen molar-refractivity contribution >= 4 is 75.7 Å². The molecule has 1 heterocycles. The number of halogens is 4. The summed E-state index contributed by atoms with van der Waals surface area (Å²) in [5.41, 5.74) is 3.13. The van der Waals surface area contributed by atoms with Crippen LogP contribution in [0.4, 0.5) is 5.69 Å². The molecule has 0 spiro atoms. The zero-order chi connectivity index (χ0) is 30.3. The fourth-order valence-corrected chi connectivity index (χ4v) is 8.31. The van der Waals surface area contributed by atoms with E-state index in [-0.39, 0.29) is 21.8 Å². The lowest BCUT2D eigenvalue weighted by atomic mass is 9.54. The summed E-state index contributed by atoms with van der Waals surface area (Å²) >= 11 is 26.9. The van der Waals surface area contributed by atoms with Crippen LogP contribution in [0, 0.1) is 11.8 Å². The molecule has 0 saturated carbocycles. The van der Waals surface area contributed by atoms with Gasteiger partial charge in [0.2, 0.25) is 17.6 Å². The van der Waals surface area contributed by atoms with E-state index in [0.717, 1.165) is 4.90 Å². The minimum atomic E-state index is -1.32. The largest absolute Gasteiger partial charge is 0.454 e. The van der Waals surface area contributed by atoms with Crippen LogP contribution in [0.1, 0.15) is 43.0 Å². The predicted octanol–water partition coefficient (Wildman–Crippen LogP) is 7.13. The Kier molecular flexibility index (Phi) is 6.49. The number of anilines is 1. The Balaban J connectivity index is 1.22. The van der Waals surface area contributed by atoms with E-state index in [1.165, 1.54) is 36.4 Å². The van der Waals surface area contributed by atoms with E-state index in [0.29, 0.717) is 27.3 Å². The summed E-state index contributed by atoms with van der Waals surface area (Å²) in [7, 11) is 0. The van der Waals surface area contributed by atoms with E-state index in [2.05, 4.69) is 0 Å². The minimum absolute atomic E-state index is 0.0405. The standard InChI is InChI=1S/C33H19Cl4NO5/c34-18-12-13-20(25(35)15-18)26(39)16-43-31(42)17-6-5-7-19(14-17)38-29(40)27-28(30(38)41)33(37)22-9-2-1-8-21(22)32(27,36)23-10-3-4-11-24(23)33/h1-15,27-28H,16H2/t27-,28-,32?,33?/m0/s1. The smallest absolute Gasteiger partial charge is 0.338 e. The van der Waals surface area contributed by atoms with Crippen molar-refractivity contribution in [1.29, 1.82) is 0 Å². The lowest BCUT2D eigenvalue weighted by molar-refractivity contribution is -0.122. The van der Waals surface area contributed by atoms with Gasteiger partial charge in [-0.3, -0.25) is 14.4 Å². The summed E-state index contributed by atoms with van der Waals surface area (Å²) in [4.78, 5) is 52.4. The molecule has 0 N–H and O–H groups in total. The summed E-state index contributed by atoms with van der Waals surface area (Å²) < 4.78 is 5.25. The molecule has 2 bridgehead atoms. The van der Waals surface area contributed by atoms with Crippen molar-refractivity contribution < 1.29 is 23.9 Å². The number of hydrogen-bond acceptors (Lipinski definition) is 5. The number of rotatable bonds is 5. The highest BCUT2D eigenvalue weighted by atomic mass is 35.5. The Morgan fingerprint density at radius 2 is 1.26 bits per heavy atom. The van der Waals surface area contributed by atoms with E-state index < -0.39 is 51.8 Å². The summed E-state index contributed by atoms with van der Waals surface area (Å²) in [6.45, 7) is -0.573. The van der Waals surface area contributed by atoms with E-state index >= 15 is 0 Å². The summed E-state index contributed by atoms with van der Waals surface area (Å²) in [6, 6.07) is 25.0. The molecule has 214 valence electrons. The Bertz CT molecular complexity index is 1780. The Morgan fingerprint density at radius 3 is 1.77 bits per heavy atom. The number of ether oxygens (including phenoxy) is 1. The number of esters is 1. The fraction of sp³-hybridized carbons (Fsp3) is 0.152. The van der Waals surface area contributed by atoms with E-state index in [1.54, 1.807) is 6.07 Å². The molecule has 1 fully saturated rings. The molecule has 8 rings (SSSR count). The van der Waals surface area contributed by atoms with Gasteiger partial charge < -0.3 is 4.74 Å². The van der Waals surface area contributed by atoms with Gasteiger partial charge in [-0.05, 0) is 58.7 Å². The maximum atomic E-state index is 14.2. The first kappa shape index (κ1) is 28.1. The van der Waals surface area contributed by atoms with Crippen molar-refractivity contribution in [1.82, 2.24) is 0 Å². The van der Waals surface area contributed by atoms with Gasteiger partial charge in [-0.2, -0.15) is 0 Å². The molecule has 1 aliphatic heterocycles. The van der Waals surface area contributed by atoms with Gasteiger partial charge in [0.05, 0.1) is 28.1 Å². The molecule has 10 heteroatoms. The molecule has 1 saturated heterocycles. The number of amides is 2. The quantitative estimate of drug-likeness (QED) is 0.0994. The average Bonchev–Trinajstić information content (AvgIpc) is 3.29. The molecule has 4 aliphatic rings. The Hall–Kier alpha value is -3.68. The molecule has 4 aromatic carbocycles. The first-order valence-electron chi connectivity index (χ1n) is 13.3. The van der Waals surface area contributed by atoms with Crippen molar-refractivity contribution in [3.63, 3.8) is 0 Å². The molecular formula is C33H19Cl4NO5. The maximum absolute atomic E-state index is 14.2. The van der Waals surface area contributed by atoms with Crippen LogP contribution in [-0.4, -0.2) is 30.2 Å². The van der Waals surface area contributed by atoms with Gasteiger partial charge in [0.25, 0.3) is 0 Å². The average molecular weight is 651 g/mol. The van der Waals surface area contributed by atoms with Gasteiger partial charge in [0, 0.05) is 10.6 Å². The van der Waals surface area contributed by atoms with Gasteiger partial charge in [-0.1, -0.05) is 77.8 Å². The highest BCUT2D eigenvalue weighted by Crippen LogP contribution is 2.69. The third-order valence-corrected chi connectivity index (χ3v) is 10.3. The second kappa shape index (κ2) is 9.93. The molecular weight excluding hydrogens is 632 g/mol. The summed E-state index contributed by atoms with van der Waals surface area (Å²) in [5, 5.41) is 0.498.